The van der Waals surface area contributed by atoms with E-state index in [0.29, 0.717) is 13.0 Å². The number of hydrogen-bond donors (Lipinski definition) is 2. The van der Waals surface area contributed by atoms with Crippen LogP contribution in [0.4, 0.5) is 0 Å². The van der Waals surface area contributed by atoms with E-state index in [0.717, 1.165) is 43.6 Å². The lowest BCUT2D eigenvalue weighted by atomic mass is 10.1. The fraction of sp³-hybridized carbons (Fsp3) is 0.789. The molecule has 0 radical (unpaired) electrons. The van der Waals surface area contributed by atoms with Crippen molar-refractivity contribution < 1.29 is 19.8 Å². The van der Waals surface area contributed by atoms with Gasteiger partial charge in [-0.2, -0.15) is 11.8 Å². The zero-order valence-electron chi connectivity index (χ0n) is 15.5. The number of aliphatic hydroxyl groups is 1. The Morgan fingerprint density at radius 1 is 1.44 bits per heavy atom. The molecule has 1 saturated heterocycles. The highest BCUT2D eigenvalue weighted by atomic mass is 32.2. The third kappa shape index (κ3) is 9.31. The Bertz CT molecular complexity index is 441. The molecule has 0 aromatic rings. The Hall–Kier alpha value is -1.01. The average molecular weight is 372 g/mol. The molecule has 6 heteroatoms. The quantitative estimate of drug-likeness (QED) is 0.384. The highest BCUT2D eigenvalue weighted by molar-refractivity contribution is 7.99. The van der Waals surface area contributed by atoms with Gasteiger partial charge >= 0.3 is 5.97 Å². The zero-order valence-corrected chi connectivity index (χ0v) is 16.3. The first-order valence-corrected chi connectivity index (χ1v) is 10.5. The first-order chi connectivity index (χ1) is 11.9. The monoisotopic (exact) mass is 371 g/mol. The van der Waals surface area contributed by atoms with Crippen LogP contribution in [0.5, 0.6) is 0 Å². The lowest BCUT2D eigenvalue weighted by molar-refractivity contribution is -0.137. The molecule has 0 spiro atoms. The standard InChI is InChI=1S/C19H33NO4S/c1-3-4-5-6-17(21)9-7-16-8-10-18(22)20(16)11-12-25-14-15(2)13-19(23)24/h7,9,15-17,21H,3-6,8,10-14H2,1-2H3,(H,23,24). The summed E-state index contributed by atoms with van der Waals surface area (Å²) in [5.74, 6) is 1.18. The van der Waals surface area contributed by atoms with Crippen molar-refractivity contribution in [1.82, 2.24) is 4.90 Å². The van der Waals surface area contributed by atoms with Crippen molar-refractivity contribution in [2.75, 3.05) is 18.1 Å². The number of hydrogen-bond acceptors (Lipinski definition) is 4. The molecule has 0 aromatic carbocycles. The molecule has 3 atom stereocenters. The molecule has 1 aliphatic heterocycles. The summed E-state index contributed by atoms with van der Waals surface area (Å²) in [5, 5.41) is 18.8. The molecule has 0 saturated carbocycles. The van der Waals surface area contributed by atoms with Gasteiger partial charge in [0.2, 0.25) is 5.91 Å². The summed E-state index contributed by atoms with van der Waals surface area (Å²) in [4.78, 5) is 24.6. The maximum Gasteiger partial charge on any atom is 0.303 e. The third-order valence-corrected chi connectivity index (χ3v) is 5.71. The Morgan fingerprint density at radius 3 is 2.88 bits per heavy atom. The second-order valence-corrected chi connectivity index (χ2v) is 8.07. The van der Waals surface area contributed by atoms with Gasteiger partial charge in [0.15, 0.2) is 0 Å². The molecular weight excluding hydrogens is 338 g/mol. The van der Waals surface area contributed by atoms with Crippen LogP contribution >= 0.6 is 11.8 Å². The first-order valence-electron chi connectivity index (χ1n) is 9.39. The van der Waals surface area contributed by atoms with Crippen molar-refractivity contribution >= 4 is 23.6 Å². The van der Waals surface area contributed by atoms with Crippen LogP contribution in [0.3, 0.4) is 0 Å². The predicted molar refractivity (Wildman–Crippen MR) is 103 cm³/mol. The molecule has 144 valence electrons. The highest BCUT2D eigenvalue weighted by Gasteiger charge is 2.28. The predicted octanol–water partition coefficient (Wildman–Crippen LogP) is 3.32. The summed E-state index contributed by atoms with van der Waals surface area (Å²) in [6, 6.07) is 0.0883. The van der Waals surface area contributed by atoms with Gasteiger partial charge in [0, 0.05) is 25.1 Å². The molecule has 1 fully saturated rings. The second kappa shape index (κ2) is 12.4. The van der Waals surface area contributed by atoms with E-state index in [1.54, 1.807) is 11.8 Å². The summed E-state index contributed by atoms with van der Waals surface area (Å²) < 4.78 is 0. The van der Waals surface area contributed by atoms with E-state index < -0.39 is 12.1 Å². The average Bonchev–Trinajstić information content (AvgIpc) is 2.89. The summed E-state index contributed by atoms with van der Waals surface area (Å²) in [5.41, 5.74) is 0. The minimum absolute atomic E-state index is 0.0883. The van der Waals surface area contributed by atoms with Gasteiger partial charge in [-0.25, -0.2) is 0 Å². The molecule has 3 unspecified atom stereocenters. The van der Waals surface area contributed by atoms with Crippen LogP contribution in [0.2, 0.25) is 0 Å². The number of nitrogens with zero attached hydrogens (tertiary/aromatic N) is 1. The number of unbranched alkanes of at least 4 members (excludes halogenated alkanes) is 2. The number of carbonyl (C=O) groups excluding carboxylic acids is 1. The smallest absolute Gasteiger partial charge is 0.303 e. The van der Waals surface area contributed by atoms with Crippen LogP contribution < -0.4 is 0 Å². The molecule has 1 heterocycles. The SMILES string of the molecule is CCCCCC(O)C=CC1CCC(=O)N1CCSCC(C)CC(=O)O. The number of amides is 1. The van der Waals surface area contributed by atoms with Crippen LogP contribution in [-0.4, -0.2) is 57.2 Å². The van der Waals surface area contributed by atoms with E-state index in [4.69, 9.17) is 5.11 Å². The van der Waals surface area contributed by atoms with Gasteiger partial charge in [-0.1, -0.05) is 45.3 Å². The molecular formula is C19H33NO4S. The Balaban J connectivity index is 2.33. The minimum Gasteiger partial charge on any atom is -0.481 e. The number of aliphatic carboxylic acids is 1. The fourth-order valence-electron chi connectivity index (χ4n) is 3.01. The number of carboxylic acid groups (broad SMARTS) is 1. The summed E-state index contributed by atoms with van der Waals surface area (Å²) in [7, 11) is 0. The molecule has 2 N–H and O–H groups in total. The number of carbonyl (C=O) groups is 2. The summed E-state index contributed by atoms with van der Waals surface area (Å²) >= 11 is 1.70. The second-order valence-electron chi connectivity index (χ2n) is 6.92. The van der Waals surface area contributed by atoms with Crippen molar-refractivity contribution in [1.29, 1.82) is 0 Å². The summed E-state index contributed by atoms with van der Waals surface area (Å²) in [6.07, 6.45) is 9.07. The van der Waals surface area contributed by atoms with Crippen LogP contribution in [-0.2, 0) is 9.59 Å². The number of thioether (sulfide) groups is 1. The molecule has 1 amide bonds. The molecule has 0 bridgehead atoms. The molecule has 0 aromatic heterocycles. The Labute approximate surface area is 155 Å². The van der Waals surface area contributed by atoms with Crippen LogP contribution in [0.25, 0.3) is 0 Å². The van der Waals surface area contributed by atoms with E-state index in [-0.39, 0.29) is 24.3 Å². The van der Waals surface area contributed by atoms with Gasteiger partial charge in [-0.05, 0) is 24.5 Å². The lowest BCUT2D eigenvalue weighted by Gasteiger charge is -2.23. The highest BCUT2D eigenvalue weighted by Crippen LogP contribution is 2.21. The Kier molecular flexibility index (Phi) is 10.9. The maximum atomic E-state index is 12.1. The van der Waals surface area contributed by atoms with Crippen molar-refractivity contribution in [3.05, 3.63) is 12.2 Å². The largest absolute Gasteiger partial charge is 0.481 e. The van der Waals surface area contributed by atoms with Gasteiger partial charge < -0.3 is 15.1 Å². The van der Waals surface area contributed by atoms with E-state index in [2.05, 4.69) is 6.92 Å². The zero-order chi connectivity index (χ0) is 18.7. The van der Waals surface area contributed by atoms with Crippen molar-refractivity contribution in [3.63, 3.8) is 0 Å². The van der Waals surface area contributed by atoms with Gasteiger partial charge in [-0.3, -0.25) is 9.59 Å². The molecule has 5 nitrogen and oxygen atoms in total. The third-order valence-electron chi connectivity index (χ3n) is 4.44. The van der Waals surface area contributed by atoms with E-state index >= 15 is 0 Å². The van der Waals surface area contributed by atoms with Crippen LogP contribution in [0.15, 0.2) is 12.2 Å². The normalized spacial score (nSPS) is 20.4. The van der Waals surface area contributed by atoms with Gasteiger partial charge in [-0.15, -0.1) is 0 Å². The van der Waals surface area contributed by atoms with Gasteiger partial charge in [0.1, 0.15) is 0 Å². The lowest BCUT2D eigenvalue weighted by Crippen LogP contribution is -2.34. The molecule has 1 rings (SSSR count). The topological polar surface area (TPSA) is 77.8 Å². The van der Waals surface area contributed by atoms with E-state index in [1.807, 2.05) is 24.0 Å². The minimum atomic E-state index is -0.759. The number of likely N-dealkylation sites (tertiary alicyclic amines) is 1. The molecule has 25 heavy (non-hydrogen) atoms. The van der Waals surface area contributed by atoms with E-state index in [9.17, 15) is 14.7 Å². The van der Waals surface area contributed by atoms with Crippen LogP contribution in [0, 0.1) is 5.92 Å². The van der Waals surface area contributed by atoms with Crippen molar-refractivity contribution in [3.8, 4) is 0 Å². The maximum absolute atomic E-state index is 12.1. The first kappa shape index (κ1) is 22.0. The van der Waals surface area contributed by atoms with Gasteiger partial charge in [0.25, 0.3) is 0 Å². The summed E-state index contributed by atoms with van der Waals surface area (Å²) in [6.45, 7) is 4.77. The number of carboxylic acids is 1. The Morgan fingerprint density at radius 2 is 2.20 bits per heavy atom. The molecule has 0 aliphatic carbocycles. The number of aliphatic hydroxyl groups excluding tert-OH is 1. The van der Waals surface area contributed by atoms with E-state index in [1.165, 1.54) is 0 Å². The van der Waals surface area contributed by atoms with Crippen molar-refractivity contribution in [2.45, 2.75) is 70.9 Å². The van der Waals surface area contributed by atoms with Crippen molar-refractivity contribution in [2.24, 2.45) is 5.92 Å². The van der Waals surface area contributed by atoms with Crippen LogP contribution in [0.1, 0.15) is 58.8 Å². The fourth-order valence-corrected chi connectivity index (χ4v) is 4.02. The molecule has 1 aliphatic rings. The number of rotatable bonds is 13. The van der Waals surface area contributed by atoms with Gasteiger partial charge in [0.05, 0.1) is 12.1 Å².